The van der Waals surface area contributed by atoms with Gasteiger partial charge in [0.05, 0.1) is 22.4 Å². The Labute approximate surface area is 371 Å². The number of ether oxygens (including phenoxy) is 2. The topological polar surface area (TPSA) is 49.2 Å². The fourth-order valence-corrected chi connectivity index (χ4v) is 15.3. The van der Waals surface area contributed by atoms with Crippen LogP contribution in [0.2, 0.25) is 0 Å². The molecule has 0 N–H and O–H groups in total. The first-order valence-electron chi connectivity index (χ1n) is 21.6. The highest BCUT2D eigenvalue weighted by molar-refractivity contribution is 7.21. The zero-order chi connectivity index (χ0) is 42.2. The molecule has 11 aromatic rings. The molecule has 2 aliphatic rings. The Morgan fingerprint density at radius 2 is 0.797 bits per heavy atom. The smallest absolute Gasteiger partial charge is 0.196 e. The van der Waals surface area contributed by atoms with E-state index in [1.54, 1.807) is 0 Å². The normalized spacial score (nSPS) is 14.6. The van der Waals surface area contributed by atoms with Gasteiger partial charge in [0.2, 0.25) is 0 Å². The van der Waals surface area contributed by atoms with Crippen molar-refractivity contribution in [1.29, 1.82) is 0 Å². The highest BCUT2D eigenvalue weighted by Crippen LogP contribution is 2.40. The number of aromatic nitrogens is 3. The van der Waals surface area contributed by atoms with E-state index in [-0.39, 0.29) is 0 Å². The molecule has 9 aromatic carbocycles. The number of fused-ring (bicyclic) bond motifs is 11. The van der Waals surface area contributed by atoms with Crippen molar-refractivity contribution in [2.45, 2.75) is 0 Å². The molecular formula is C58H37N3O2Si. The summed E-state index contributed by atoms with van der Waals surface area (Å²) < 4.78 is 16.2. The number of hydrogen-bond acceptors (Lipinski definition) is 4. The Bertz CT molecular complexity index is 3490. The van der Waals surface area contributed by atoms with Gasteiger partial charge in [0.15, 0.2) is 13.9 Å². The van der Waals surface area contributed by atoms with E-state index in [2.05, 4.69) is 205 Å². The van der Waals surface area contributed by atoms with Crippen molar-refractivity contribution in [2.75, 3.05) is 0 Å². The van der Waals surface area contributed by atoms with Crippen molar-refractivity contribution in [2.24, 2.45) is 0 Å². The van der Waals surface area contributed by atoms with E-state index in [4.69, 9.17) is 19.4 Å². The summed E-state index contributed by atoms with van der Waals surface area (Å²) in [5.41, 5.74) is 10.4. The number of nitrogens with zero attached hydrogens (tertiary/aromatic N) is 3. The van der Waals surface area contributed by atoms with Crippen LogP contribution in [0.4, 0.5) is 0 Å². The molecule has 0 saturated heterocycles. The van der Waals surface area contributed by atoms with Gasteiger partial charge in [0, 0.05) is 33.2 Å². The Balaban J connectivity index is 1.04. The number of benzene rings is 9. The molecule has 0 fully saturated rings. The third kappa shape index (κ3) is 5.56. The molecule has 0 saturated carbocycles. The van der Waals surface area contributed by atoms with Crippen LogP contribution in [0, 0.1) is 0 Å². The first-order chi connectivity index (χ1) is 31.7. The summed E-state index contributed by atoms with van der Waals surface area (Å²) in [6, 6.07) is 79.5. The molecule has 6 heteroatoms. The predicted molar refractivity (Wildman–Crippen MR) is 262 cm³/mol. The van der Waals surface area contributed by atoms with Gasteiger partial charge in [-0.2, -0.15) is 0 Å². The molecule has 2 aliphatic heterocycles. The van der Waals surface area contributed by atoms with Crippen LogP contribution in [-0.2, 0) is 0 Å². The van der Waals surface area contributed by atoms with E-state index in [9.17, 15) is 0 Å². The average molecular weight is 836 g/mol. The standard InChI is InChI=1S/C58H37N3O2Si/c1-3-16-38(17-4-1)46-37-47(60-58(59-46)39-18-5-2-6-19-39)42-31-33-53-57(36-42)64(55-29-14-12-27-51(55)63-53)54-28-13-11-26-50(54)62-52-32-30-41(35-56(52)64)40-20-15-21-43(34-40)61-48-24-9-7-22-44(48)45-23-8-10-25-49(45)61/h1-37H. The van der Waals surface area contributed by atoms with E-state index in [1.165, 1.54) is 37.4 Å². The summed E-state index contributed by atoms with van der Waals surface area (Å²) in [6.45, 7) is 0. The van der Waals surface area contributed by atoms with Gasteiger partial charge in [-0.15, -0.1) is 0 Å². The van der Waals surface area contributed by atoms with Crippen LogP contribution < -0.4 is 30.2 Å². The summed E-state index contributed by atoms with van der Waals surface area (Å²) in [4.78, 5) is 10.4. The predicted octanol–water partition coefficient (Wildman–Crippen LogP) is 11.8. The van der Waals surface area contributed by atoms with Crippen molar-refractivity contribution in [3.8, 4) is 73.7 Å². The molecule has 0 radical (unpaired) electrons. The third-order valence-corrected chi connectivity index (χ3v) is 17.8. The molecule has 4 heterocycles. The van der Waals surface area contributed by atoms with Crippen LogP contribution in [0.25, 0.3) is 72.5 Å². The second-order valence-corrected chi connectivity index (χ2v) is 20.1. The van der Waals surface area contributed by atoms with Crippen molar-refractivity contribution in [3.63, 3.8) is 0 Å². The largest absolute Gasteiger partial charge is 0.458 e. The SMILES string of the molecule is c1ccc(-c2cc(-c3ccc4c(c3)[Si]3(c5ccccc5Oc5ccc(-c6cccc(-n7c8ccccc8c8ccccc87)c6)cc53)c3ccccc3O4)nc(-c3ccccc3)n2)cc1. The van der Waals surface area contributed by atoms with Crippen LogP contribution in [0.5, 0.6) is 23.0 Å². The number of para-hydroxylation sites is 4. The molecule has 0 aliphatic carbocycles. The second-order valence-electron chi connectivity index (χ2n) is 16.5. The van der Waals surface area contributed by atoms with Crippen molar-refractivity contribution < 1.29 is 9.47 Å². The molecule has 0 amide bonds. The molecule has 1 spiro atoms. The Morgan fingerprint density at radius 3 is 1.44 bits per heavy atom. The average Bonchev–Trinajstić information content (AvgIpc) is 3.71. The Kier molecular flexibility index (Phi) is 8.16. The molecule has 1 unspecified atom stereocenters. The minimum atomic E-state index is -3.17. The third-order valence-electron chi connectivity index (χ3n) is 12.9. The minimum Gasteiger partial charge on any atom is -0.458 e. The van der Waals surface area contributed by atoms with Crippen molar-refractivity contribution in [3.05, 3.63) is 224 Å². The molecule has 13 rings (SSSR count). The molecule has 64 heavy (non-hydrogen) atoms. The maximum Gasteiger partial charge on any atom is 0.196 e. The zero-order valence-electron chi connectivity index (χ0n) is 34.5. The van der Waals surface area contributed by atoms with Crippen molar-refractivity contribution in [1.82, 2.24) is 14.5 Å². The van der Waals surface area contributed by atoms with Gasteiger partial charge in [0.1, 0.15) is 23.0 Å². The maximum atomic E-state index is 6.92. The molecule has 5 nitrogen and oxygen atoms in total. The van der Waals surface area contributed by atoms with Gasteiger partial charge < -0.3 is 14.0 Å². The van der Waals surface area contributed by atoms with Gasteiger partial charge in [0.25, 0.3) is 0 Å². The molecular weight excluding hydrogens is 799 g/mol. The van der Waals surface area contributed by atoms with Gasteiger partial charge in [-0.25, -0.2) is 9.97 Å². The summed E-state index contributed by atoms with van der Waals surface area (Å²) in [5.74, 6) is 4.13. The van der Waals surface area contributed by atoms with E-state index >= 15 is 0 Å². The highest BCUT2D eigenvalue weighted by Gasteiger charge is 2.53. The summed E-state index contributed by atoms with van der Waals surface area (Å²) >= 11 is 0. The minimum absolute atomic E-state index is 0.678. The summed E-state index contributed by atoms with van der Waals surface area (Å²) in [7, 11) is -3.17. The fourth-order valence-electron chi connectivity index (χ4n) is 10.1. The zero-order valence-corrected chi connectivity index (χ0v) is 35.5. The van der Waals surface area contributed by atoms with E-state index < -0.39 is 8.07 Å². The lowest BCUT2D eigenvalue weighted by Gasteiger charge is -2.43. The molecule has 1 atom stereocenters. The van der Waals surface area contributed by atoms with Gasteiger partial charge in [-0.05, 0) is 98.6 Å². The lowest BCUT2D eigenvalue weighted by molar-refractivity contribution is 0.482. The van der Waals surface area contributed by atoms with E-state index in [0.29, 0.717) is 5.82 Å². The number of rotatable bonds is 5. The van der Waals surface area contributed by atoms with Gasteiger partial charge >= 0.3 is 0 Å². The number of hydrogen-bond donors (Lipinski definition) is 0. The molecule has 0 bridgehead atoms. The monoisotopic (exact) mass is 835 g/mol. The van der Waals surface area contributed by atoms with Crippen LogP contribution >= 0.6 is 0 Å². The van der Waals surface area contributed by atoms with Crippen LogP contribution in [0.15, 0.2) is 224 Å². The van der Waals surface area contributed by atoms with E-state index in [1.807, 2.05) is 24.3 Å². The molecule has 300 valence electrons. The summed E-state index contributed by atoms with van der Waals surface area (Å²) in [5, 5.41) is 7.19. The Hall–Kier alpha value is -8.32. The molecule has 2 aromatic heterocycles. The van der Waals surface area contributed by atoms with E-state index in [0.717, 1.165) is 73.1 Å². The highest BCUT2D eigenvalue weighted by atomic mass is 28.3. The lowest BCUT2D eigenvalue weighted by Crippen LogP contribution is -2.77. The lowest BCUT2D eigenvalue weighted by atomic mass is 10.0. The van der Waals surface area contributed by atoms with Gasteiger partial charge in [-0.3, -0.25) is 0 Å². The maximum absolute atomic E-state index is 6.92. The fraction of sp³-hybridized carbons (Fsp3) is 0. The van der Waals surface area contributed by atoms with Gasteiger partial charge in [-0.1, -0.05) is 158 Å². The Morgan fingerprint density at radius 1 is 0.328 bits per heavy atom. The second kappa shape index (κ2) is 14.4. The summed E-state index contributed by atoms with van der Waals surface area (Å²) in [6.07, 6.45) is 0. The first-order valence-corrected chi connectivity index (χ1v) is 23.6. The quantitative estimate of drug-likeness (QED) is 0.162. The van der Waals surface area contributed by atoms with Crippen molar-refractivity contribution >= 4 is 50.6 Å². The van der Waals surface area contributed by atoms with Crippen LogP contribution in [-0.4, -0.2) is 22.6 Å². The first kappa shape index (κ1) is 36.3. The van der Waals surface area contributed by atoms with Crippen LogP contribution in [0.1, 0.15) is 0 Å². The van der Waals surface area contributed by atoms with Crippen LogP contribution in [0.3, 0.4) is 0 Å².